The Morgan fingerprint density at radius 1 is 0.379 bits per heavy atom. The summed E-state index contributed by atoms with van der Waals surface area (Å²) in [5, 5.41) is 0.653. The van der Waals surface area contributed by atoms with Crippen LogP contribution >= 0.6 is 58.2 Å². The van der Waals surface area contributed by atoms with Crippen LogP contribution in [0.25, 0.3) is 0 Å². The number of fused-ring (bicyclic) bond motifs is 1. The SMILES string of the molecule is CC(C)(C)c1ccc(N2c3cc(C(C)(C)C)cc4[c]3[Sb]35([O]c6c(Cl)c(Cl)c(Cl)c(Cl)c6[O]3)[c]3c(cc(C(C)(C)C)cc3N(c3ccc(C(C)(C)C)cc3)c3cc(C(C)(C)C)cc2[c]35)S4)cc1. The van der Waals surface area contributed by atoms with Gasteiger partial charge in [-0.3, -0.25) is 0 Å². The van der Waals surface area contributed by atoms with E-state index in [0.29, 0.717) is 11.5 Å². The van der Waals surface area contributed by atoms with Crippen molar-refractivity contribution in [1.29, 1.82) is 0 Å². The molecule has 0 unspecified atom stereocenters. The maximum atomic E-state index is 8.18. The molecule has 0 fully saturated rings. The Hall–Kier alpha value is -3.15. The molecule has 0 aliphatic carbocycles. The summed E-state index contributed by atoms with van der Waals surface area (Å²) in [5.74, 6) is 0.669. The minimum atomic E-state index is -6.15. The molecule has 0 bridgehead atoms. The van der Waals surface area contributed by atoms with Gasteiger partial charge in [-0.2, -0.15) is 0 Å². The van der Waals surface area contributed by atoms with Gasteiger partial charge >= 0.3 is 422 Å². The molecule has 6 aromatic rings. The Labute approximate surface area is 418 Å². The van der Waals surface area contributed by atoms with Gasteiger partial charge in [0.25, 0.3) is 0 Å². The van der Waals surface area contributed by atoms with E-state index in [1.54, 1.807) is 0 Å². The minimum absolute atomic E-state index is 0.0364. The summed E-state index contributed by atoms with van der Waals surface area (Å²) in [5.41, 5.74) is 11.5. The molecule has 4 aliphatic heterocycles. The zero-order valence-corrected chi connectivity index (χ0v) is 47.1. The van der Waals surface area contributed by atoms with Gasteiger partial charge in [0.05, 0.1) is 0 Å². The van der Waals surface area contributed by atoms with Crippen molar-refractivity contribution in [3.8, 4) is 11.5 Å². The van der Waals surface area contributed by atoms with E-state index in [2.05, 4.69) is 199 Å². The number of rotatable bonds is 2. The fourth-order valence-electron chi connectivity index (χ4n) is 10.0. The zero-order chi connectivity index (χ0) is 47.8. The molecule has 4 heterocycles. The average molecular weight is 1090 g/mol. The van der Waals surface area contributed by atoms with Gasteiger partial charge in [0, 0.05) is 0 Å². The molecule has 6 aromatic carbocycles. The molecular formula is C56H59Cl4N2O2SSb. The van der Waals surface area contributed by atoms with Crippen LogP contribution in [-0.4, -0.2) is 18.2 Å². The van der Waals surface area contributed by atoms with Gasteiger partial charge in [-0.15, -0.1) is 0 Å². The van der Waals surface area contributed by atoms with Gasteiger partial charge in [0.15, 0.2) is 0 Å². The fraction of sp³-hybridized carbons (Fsp3) is 0.357. The monoisotopic (exact) mass is 1080 g/mol. The predicted octanol–water partition coefficient (Wildman–Crippen LogP) is 16.7. The van der Waals surface area contributed by atoms with Crippen LogP contribution in [0.2, 0.25) is 20.1 Å². The first-order valence-corrected chi connectivity index (χ1v) is 31.0. The van der Waals surface area contributed by atoms with Crippen LogP contribution in [0, 0.1) is 0 Å². The molecule has 4 nitrogen and oxygen atoms in total. The van der Waals surface area contributed by atoms with Gasteiger partial charge in [0.2, 0.25) is 0 Å². The first-order valence-electron chi connectivity index (χ1n) is 22.8. The molecule has 0 aromatic heterocycles. The fourth-order valence-corrected chi connectivity index (χ4v) is 31.1. The summed E-state index contributed by atoms with van der Waals surface area (Å²) < 4.78 is 19.5. The number of nitrogens with zero attached hydrogens (tertiary/aromatic N) is 2. The zero-order valence-electron chi connectivity index (χ0n) is 40.7. The molecule has 0 atom stereocenters. The molecule has 10 rings (SSSR count). The van der Waals surface area contributed by atoms with E-state index in [9.17, 15) is 0 Å². The van der Waals surface area contributed by atoms with Gasteiger partial charge in [0.1, 0.15) is 0 Å². The average Bonchev–Trinajstić information content (AvgIpc) is 3.57. The summed E-state index contributed by atoms with van der Waals surface area (Å²) >= 11 is 24.4. The maximum absolute atomic E-state index is 8.18. The van der Waals surface area contributed by atoms with E-state index >= 15 is 0 Å². The molecule has 0 radical (unpaired) electrons. The van der Waals surface area contributed by atoms with Crippen molar-refractivity contribution in [2.45, 2.75) is 141 Å². The standard InChI is InChI=1S/C50H59N2S.C6H2Cl4O2.Sb/c1-46(2,3)33-16-20-38(21-17-33)51-40-24-35(48(7,8)9)25-41(30-40)52(39-22-18-34(19-23-39)47(4,5)6)43-27-37(50(13,14)15)29-45(32-43)53-44-28-36(49(10,11)12)26-42(51)31-44;7-1-2(8)4(10)6(12)5(11)3(1)9;/h16-29H,1-15H3;11-12H;/q;;+2/p-2. The first kappa shape index (κ1) is 46.6. The molecular weight excluding hydrogens is 1030 g/mol. The van der Waals surface area contributed by atoms with Crippen LogP contribution in [0.4, 0.5) is 34.1 Å². The summed E-state index contributed by atoms with van der Waals surface area (Å²) in [4.78, 5) is 7.15. The Morgan fingerprint density at radius 2 is 0.667 bits per heavy atom. The number of hydrogen-bond acceptors (Lipinski definition) is 5. The molecule has 0 N–H and O–H groups in total. The number of halogens is 4. The van der Waals surface area contributed by atoms with Crippen LogP contribution in [0.3, 0.4) is 0 Å². The summed E-state index contributed by atoms with van der Waals surface area (Å²) in [6.45, 7) is 34.2. The third kappa shape index (κ3) is 6.52. The van der Waals surface area contributed by atoms with E-state index in [1.807, 2.05) is 11.8 Å². The third-order valence-electron chi connectivity index (χ3n) is 13.9. The third-order valence-corrected chi connectivity index (χ3v) is 31.6. The Bertz CT molecular complexity index is 2900. The molecule has 0 saturated carbocycles. The van der Waals surface area contributed by atoms with Gasteiger partial charge < -0.3 is 0 Å². The molecule has 66 heavy (non-hydrogen) atoms. The Morgan fingerprint density at radius 3 is 0.970 bits per heavy atom. The van der Waals surface area contributed by atoms with Crippen LogP contribution in [0.1, 0.15) is 132 Å². The molecule has 0 amide bonds. The number of benzene rings is 6. The van der Waals surface area contributed by atoms with Crippen molar-refractivity contribution < 1.29 is 6.03 Å². The van der Waals surface area contributed by atoms with Gasteiger partial charge in [-0.25, -0.2) is 0 Å². The van der Waals surface area contributed by atoms with Crippen LogP contribution in [0.5, 0.6) is 11.5 Å². The first-order chi connectivity index (χ1) is 30.5. The van der Waals surface area contributed by atoms with E-state index in [0.717, 1.165) is 54.4 Å². The Kier molecular flexibility index (Phi) is 10.2. The molecule has 10 heteroatoms. The molecule has 1 spiro atoms. The summed E-state index contributed by atoms with van der Waals surface area (Å²) in [6.07, 6.45) is 0. The quantitative estimate of drug-likeness (QED) is 0.0976. The van der Waals surface area contributed by atoms with Crippen LogP contribution in [0.15, 0.2) is 94.7 Å². The van der Waals surface area contributed by atoms with Crippen molar-refractivity contribution in [2.24, 2.45) is 0 Å². The van der Waals surface area contributed by atoms with Crippen molar-refractivity contribution in [2.75, 3.05) is 9.80 Å². The second-order valence-electron chi connectivity index (χ2n) is 23.7. The van der Waals surface area contributed by atoms with E-state index < -0.39 is 18.2 Å². The van der Waals surface area contributed by atoms with Gasteiger partial charge in [-0.1, -0.05) is 0 Å². The normalized spacial score (nSPS) is 17.2. The second-order valence-corrected chi connectivity index (χ2v) is 36.7. The molecule has 4 aliphatic rings. The van der Waals surface area contributed by atoms with Crippen LogP contribution < -0.4 is 26.4 Å². The van der Waals surface area contributed by atoms with Gasteiger partial charge in [-0.05, 0) is 0 Å². The Balaban J connectivity index is 1.47. The summed E-state index contributed by atoms with van der Waals surface area (Å²) in [6, 6.07) is 32.6. The van der Waals surface area contributed by atoms with Crippen molar-refractivity contribution in [1.82, 2.24) is 0 Å². The van der Waals surface area contributed by atoms with Crippen molar-refractivity contribution in [3.63, 3.8) is 0 Å². The topological polar surface area (TPSA) is 24.9 Å². The predicted molar refractivity (Wildman–Crippen MR) is 286 cm³/mol. The molecule has 344 valence electrons. The number of hydrogen-bond donors (Lipinski definition) is 0. The van der Waals surface area contributed by atoms with E-state index in [-0.39, 0.29) is 47.2 Å². The number of anilines is 6. The second kappa shape index (κ2) is 14.5. The molecule has 0 saturated heterocycles. The van der Waals surface area contributed by atoms with Crippen molar-refractivity contribution >= 4 is 121 Å². The summed E-state index contributed by atoms with van der Waals surface area (Å²) in [7, 11) is 0. The van der Waals surface area contributed by atoms with E-state index in [4.69, 9.17) is 52.4 Å². The van der Waals surface area contributed by atoms with Crippen molar-refractivity contribution in [3.05, 3.63) is 133 Å². The van der Waals surface area contributed by atoms with E-state index in [1.165, 1.54) is 27.8 Å². The van der Waals surface area contributed by atoms with Crippen LogP contribution in [-0.2, 0) is 27.1 Å².